The lowest BCUT2D eigenvalue weighted by Crippen LogP contribution is -2.15. The van der Waals surface area contributed by atoms with E-state index in [2.05, 4.69) is 10.6 Å². The van der Waals surface area contributed by atoms with E-state index in [0.717, 1.165) is 0 Å². The summed E-state index contributed by atoms with van der Waals surface area (Å²) in [7, 11) is 0. The predicted molar refractivity (Wildman–Crippen MR) is 95.2 cm³/mol. The first-order valence-electron chi connectivity index (χ1n) is 7.65. The number of rotatable bonds is 4. The van der Waals surface area contributed by atoms with Gasteiger partial charge in [-0.25, -0.2) is 4.39 Å². The first-order chi connectivity index (χ1) is 12.1. The van der Waals surface area contributed by atoms with E-state index < -0.39 is 0 Å². The van der Waals surface area contributed by atoms with Crippen molar-refractivity contribution >= 4 is 23.2 Å². The number of hydrogen-bond donors (Lipinski definition) is 2. The molecule has 0 atom stereocenters. The molecule has 0 aromatic heterocycles. The number of amides is 2. The first-order valence-corrected chi connectivity index (χ1v) is 7.65. The molecule has 2 amide bonds. The molecule has 2 N–H and O–H groups in total. The van der Waals surface area contributed by atoms with E-state index in [1.807, 2.05) is 18.2 Å². The zero-order valence-corrected chi connectivity index (χ0v) is 13.2. The van der Waals surface area contributed by atoms with Gasteiger partial charge in [-0.2, -0.15) is 0 Å². The Morgan fingerprint density at radius 1 is 0.640 bits per heavy atom. The van der Waals surface area contributed by atoms with Gasteiger partial charge in [0.2, 0.25) is 0 Å². The summed E-state index contributed by atoms with van der Waals surface area (Å²) >= 11 is 0. The lowest BCUT2D eigenvalue weighted by Gasteiger charge is -2.08. The molecule has 4 nitrogen and oxygen atoms in total. The number of anilines is 2. The van der Waals surface area contributed by atoms with Crippen molar-refractivity contribution in [3.63, 3.8) is 0 Å². The minimum absolute atomic E-state index is 0.303. The second-order valence-corrected chi connectivity index (χ2v) is 5.36. The fraction of sp³-hybridized carbons (Fsp3) is 0. The van der Waals surface area contributed by atoms with Crippen LogP contribution in [0.1, 0.15) is 20.7 Å². The number of para-hydroxylation sites is 1. The summed E-state index contributed by atoms with van der Waals surface area (Å²) < 4.78 is 12.9. The fourth-order valence-electron chi connectivity index (χ4n) is 2.26. The number of hydrogen-bond acceptors (Lipinski definition) is 2. The molecule has 3 aromatic carbocycles. The van der Waals surface area contributed by atoms with Crippen molar-refractivity contribution in [2.45, 2.75) is 0 Å². The van der Waals surface area contributed by atoms with Crippen LogP contribution in [0.2, 0.25) is 0 Å². The summed E-state index contributed by atoms with van der Waals surface area (Å²) in [6.45, 7) is 0. The highest BCUT2D eigenvalue weighted by molar-refractivity contribution is 6.08. The summed E-state index contributed by atoms with van der Waals surface area (Å²) in [6, 6.07) is 20.9. The lowest BCUT2D eigenvalue weighted by molar-refractivity contribution is 0.102. The molecule has 25 heavy (non-hydrogen) atoms. The smallest absolute Gasteiger partial charge is 0.255 e. The maximum absolute atomic E-state index is 12.9. The van der Waals surface area contributed by atoms with Crippen LogP contribution in [0, 0.1) is 5.82 Å². The highest BCUT2D eigenvalue weighted by Gasteiger charge is 2.11. The van der Waals surface area contributed by atoms with Gasteiger partial charge in [-0.15, -0.1) is 0 Å². The Bertz CT molecular complexity index is 893. The Morgan fingerprint density at radius 3 is 1.72 bits per heavy atom. The standard InChI is InChI=1S/C20H15FN2O2/c21-16-9-11-18(12-10-16)23-20(25)15-6-4-5-14(13-15)19(24)22-17-7-2-1-3-8-17/h1-13H,(H,22,24)(H,23,25). The Kier molecular flexibility index (Phi) is 4.85. The van der Waals surface area contributed by atoms with Crippen LogP contribution in [-0.2, 0) is 0 Å². The third-order valence-electron chi connectivity index (χ3n) is 3.52. The molecule has 3 rings (SSSR count). The van der Waals surface area contributed by atoms with Gasteiger partial charge >= 0.3 is 0 Å². The number of halogens is 1. The quantitative estimate of drug-likeness (QED) is 0.746. The molecule has 3 aromatic rings. The van der Waals surface area contributed by atoms with E-state index in [-0.39, 0.29) is 17.6 Å². The summed E-state index contributed by atoms with van der Waals surface area (Å²) in [5.74, 6) is -1.05. The molecular weight excluding hydrogens is 319 g/mol. The maximum Gasteiger partial charge on any atom is 0.255 e. The minimum atomic E-state index is -0.377. The van der Waals surface area contributed by atoms with Gasteiger partial charge in [-0.1, -0.05) is 24.3 Å². The Balaban J connectivity index is 1.73. The van der Waals surface area contributed by atoms with Crippen LogP contribution in [0.25, 0.3) is 0 Å². The predicted octanol–water partition coefficient (Wildman–Crippen LogP) is 4.33. The van der Waals surface area contributed by atoms with Crippen LogP contribution in [0.4, 0.5) is 15.8 Å². The molecule has 0 saturated carbocycles. The SMILES string of the molecule is O=C(Nc1ccccc1)c1cccc(C(=O)Nc2ccc(F)cc2)c1. The topological polar surface area (TPSA) is 58.2 Å². The van der Waals surface area contributed by atoms with E-state index in [1.54, 1.807) is 30.3 Å². The van der Waals surface area contributed by atoms with Crippen LogP contribution in [0.3, 0.4) is 0 Å². The summed E-state index contributed by atoms with van der Waals surface area (Å²) in [6.07, 6.45) is 0. The number of carbonyl (C=O) groups excluding carboxylic acids is 2. The Morgan fingerprint density at radius 2 is 1.16 bits per heavy atom. The van der Waals surface area contributed by atoms with Crippen LogP contribution in [0.5, 0.6) is 0 Å². The van der Waals surface area contributed by atoms with Crippen molar-refractivity contribution in [1.29, 1.82) is 0 Å². The second-order valence-electron chi connectivity index (χ2n) is 5.36. The zero-order valence-electron chi connectivity index (χ0n) is 13.2. The van der Waals surface area contributed by atoms with Crippen molar-refractivity contribution in [3.8, 4) is 0 Å². The van der Waals surface area contributed by atoms with Crippen molar-refractivity contribution in [2.24, 2.45) is 0 Å². The van der Waals surface area contributed by atoms with Crippen molar-refractivity contribution in [1.82, 2.24) is 0 Å². The monoisotopic (exact) mass is 334 g/mol. The highest BCUT2D eigenvalue weighted by Crippen LogP contribution is 2.13. The van der Waals surface area contributed by atoms with Crippen molar-refractivity contribution in [3.05, 3.63) is 95.8 Å². The van der Waals surface area contributed by atoms with Crippen LogP contribution in [-0.4, -0.2) is 11.8 Å². The van der Waals surface area contributed by atoms with Crippen LogP contribution >= 0.6 is 0 Å². The Labute approximate surface area is 144 Å². The molecule has 5 heteroatoms. The van der Waals surface area contributed by atoms with Gasteiger partial charge in [0.15, 0.2) is 0 Å². The average Bonchev–Trinajstić information content (AvgIpc) is 2.64. The molecule has 0 aliphatic carbocycles. The largest absolute Gasteiger partial charge is 0.322 e. The average molecular weight is 334 g/mol. The minimum Gasteiger partial charge on any atom is -0.322 e. The van der Waals surface area contributed by atoms with Gasteiger partial charge in [-0.3, -0.25) is 9.59 Å². The van der Waals surface area contributed by atoms with E-state index in [4.69, 9.17) is 0 Å². The third kappa shape index (κ3) is 4.29. The summed E-state index contributed by atoms with van der Waals surface area (Å²) in [5.41, 5.74) is 1.86. The van der Waals surface area contributed by atoms with Crippen LogP contribution < -0.4 is 10.6 Å². The number of benzene rings is 3. The molecule has 0 aliphatic heterocycles. The molecule has 0 radical (unpaired) electrons. The molecule has 0 saturated heterocycles. The number of carbonyl (C=O) groups is 2. The van der Waals surface area contributed by atoms with Gasteiger partial charge in [0.05, 0.1) is 0 Å². The Hall–Kier alpha value is -3.47. The fourth-order valence-corrected chi connectivity index (χ4v) is 2.26. The van der Waals surface area contributed by atoms with Gasteiger partial charge in [0, 0.05) is 22.5 Å². The molecule has 0 fully saturated rings. The maximum atomic E-state index is 12.9. The van der Waals surface area contributed by atoms with Gasteiger partial charge in [0.25, 0.3) is 11.8 Å². The molecule has 0 heterocycles. The van der Waals surface area contributed by atoms with Crippen molar-refractivity contribution in [2.75, 3.05) is 10.6 Å². The summed E-state index contributed by atoms with van der Waals surface area (Å²) in [5, 5.41) is 5.43. The normalized spacial score (nSPS) is 10.1. The molecule has 0 bridgehead atoms. The lowest BCUT2D eigenvalue weighted by atomic mass is 10.1. The van der Waals surface area contributed by atoms with Gasteiger partial charge in [0.1, 0.15) is 5.82 Å². The molecular formula is C20H15FN2O2. The van der Waals surface area contributed by atoms with E-state index >= 15 is 0 Å². The van der Waals surface area contributed by atoms with Crippen LogP contribution in [0.15, 0.2) is 78.9 Å². The molecule has 0 spiro atoms. The second kappa shape index (κ2) is 7.40. The first kappa shape index (κ1) is 16.4. The zero-order chi connectivity index (χ0) is 17.6. The molecule has 124 valence electrons. The van der Waals surface area contributed by atoms with E-state index in [1.165, 1.54) is 30.3 Å². The third-order valence-corrected chi connectivity index (χ3v) is 3.52. The van der Waals surface area contributed by atoms with Crippen molar-refractivity contribution < 1.29 is 14.0 Å². The summed E-state index contributed by atoms with van der Waals surface area (Å²) in [4.78, 5) is 24.6. The van der Waals surface area contributed by atoms with E-state index in [9.17, 15) is 14.0 Å². The number of nitrogens with one attached hydrogen (secondary N) is 2. The van der Waals surface area contributed by atoms with E-state index in [0.29, 0.717) is 22.5 Å². The highest BCUT2D eigenvalue weighted by atomic mass is 19.1. The molecule has 0 aliphatic rings. The molecule has 0 unspecified atom stereocenters. The van der Waals surface area contributed by atoms with Gasteiger partial charge < -0.3 is 10.6 Å². The van der Waals surface area contributed by atoms with Gasteiger partial charge in [-0.05, 0) is 54.6 Å².